The summed E-state index contributed by atoms with van der Waals surface area (Å²) >= 11 is 0. The van der Waals surface area contributed by atoms with Gasteiger partial charge in [0, 0.05) is 17.8 Å². The molecule has 7 heteroatoms. The predicted molar refractivity (Wildman–Crippen MR) is 125 cm³/mol. The Balaban J connectivity index is 1.65. The third-order valence-corrected chi connectivity index (χ3v) is 7.27. The van der Waals surface area contributed by atoms with Crippen molar-refractivity contribution in [3.05, 3.63) is 89.5 Å². The van der Waals surface area contributed by atoms with Crippen molar-refractivity contribution in [2.24, 2.45) is 0 Å². The quantitative estimate of drug-likeness (QED) is 0.620. The molecule has 0 aliphatic carbocycles. The van der Waals surface area contributed by atoms with Gasteiger partial charge in [0.2, 0.25) is 5.91 Å². The van der Waals surface area contributed by atoms with Crippen molar-refractivity contribution in [2.75, 3.05) is 24.4 Å². The van der Waals surface area contributed by atoms with E-state index in [0.29, 0.717) is 6.54 Å². The maximum Gasteiger partial charge on any atom is 0.248 e. The van der Waals surface area contributed by atoms with Crippen LogP contribution in [0, 0.1) is 6.92 Å². The molecule has 32 heavy (non-hydrogen) atoms. The number of amides is 1. The van der Waals surface area contributed by atoms with Gasteiger partial charge in [0.05, 0.1) is 12.0 Å². The summed E-state index contributed by atoms with van der Waals surface area (Å²) in [6, 6.07) is 21.3. The number of rotatable bonds is 6. The number of nitrogens with one attached hydrogen (secondary N) is 1. The summed E-state index contributed by atoms with van der Waals surface area (Å²) in [7, 11) is -2.04. The lowest BCUT2D eigenvalue weighted by Crippen LogP contribution is -2.45. The third-order valence-electron chi connectivity index (χ3n) is 5.75. The minimum absolute atomic E-state index is 0.189. The zero-order chi connectivity index (χ0) is 22.7. The molecule has 0 fully saturated rings. The fraction of sp³-hybridized carbons (Fsp3) is 0.240. The highest BCUT2D eigenvalue weighted by Gasteiger charge is 2.35. The fourth-order valence-corrected chi connectivity index (χ4v) is 5.15. The zero-order valence-corrected chi connectivity index (χ0v) is 18.9. The van der Waals surface area contributed by atoms with Crippen LogP contribution in [0.25, 0.3) is 0 Å². The lowest BCUT2D eigenvalue weighted by Gasteiger charge is -2.38. The third kappa shape index (κ3) is 4.34. The van der Waals surface area contributed by atoms with Crippen molar-refractivity contribution in [1.82, 2.24) is 5.32 Å². The monoisotopic (exact) mass is 450 g/mol. The Labute approximate surface area is 188 Å². The topological polar surface area (TPSA) is 75.7 Å². The van der Waals surface area contributed by atoms with E-state index in [2.05, 4.69) is 5.32 Å². The highest BCUT2D eigenvalue weighted by Crippen LogP contribution is 2.37. The standard InChI is InChI=1S/C25H26N2O4S/c1-18-11-13-20(14-12-18)32(29,30)17-26-25(28)24-22-9-6-10-23(31-2)21(22)15-16-27(24)19-7-4-3-5-8-19/h3-14,24H,15-17H2,1-2H3,(H,26,28). The lowest BCUT2D eigenvalue weighted by atomic mass is 9.90. The first-order chi connectivity index (χ1) is 15.4. The highest BCUT2D eigenvalue weighted by atomic mass is 32.2. The van der Waals surface area contributed by atoms with E-state index in [1.165, 1.54) is 0 Å². The van der Waals surface area contributed by atoms with Gasteiger partial charge in [-0.3, -0.25) is 4.79 Å². The minimum atomic E-state index is -3.66. The number of anilines is 1. The number of sulfone groups is 1. The molecule has 1 aliphatic rings. The summed E-state index contributed by atoms with van der Waals surface area (Å²) < 4.78 is 31.1. The zero-order valence-electron chi connectivity index (χ0n) is 18.1. The van der Waals surface area contributed by atoms with E-state index >= 15 is 0 Å². The molecule has 0 bridgehead atoms. The molecular formula is C25H26N2O4S. The molecule has 1 aliphatic heterocycles. The number of hydrogen-bond acceptors (Lipinski definition) is 5. The van der Waals surface area contributed by atoms with Crippen LogP contribution in [0.3, 0.4) is 0 Å². The summed E-state index contributed by atoms with van der Waals surface area (Å²) in [6.07, 6.45) is 0.722. The number of hydrogen-bond donors (Lipinski definition) is 1. The van der Waals surface area contributed by atoms with Crippen molar-refractivity contribution in [3.63, 3.8) is 0 Å². The van der Waals surface area contributed by atoms with Crippen LogP contribution in [0.4, 0.5) is 5.69 Å². The highest BCUT2D eigenvalue weighted by molar-refractivity contribution is 7.91. The molecule has 1 heterocycles. The lowest BCUT2D eigenvalue weighted by molar-refractivity contribution is -0.122. The molecule has 1 unspecified atom stereocenters. The van der Waals surface area contributed by atoms with Gasteiger partial charge in [-0.25, -0.2) is 8.42 Å². The van der Waals surface area contributed by atoms with Crippen LogP contribution < -0.4 is 15.0 Å². The second-order valence-electron chi connectivity index (χ2n) is 7.82. The number of methoxy groups -OCH3 is 1. The summed E-state index contributed by atoms with van der Waals surface area (Å²) in [5, 5.41) is 2.67. The molecule has 0 radical (unpaired) electrons. The Morgan fingerprint density at radius 2 is 1.75 bits per heavy atom. The largest absolute Gasteiger partial charge is 0.496 e. The summed E-state index contributed by atoms with van der Waals surface area (Å²) in [5.41, 5.74) is 3.68. The van der Waals surface area contributed by atoms with E-state index in [0.717, 1.165) is 34.5 Å². The molecular weight excluding hydrogens is 424 g/mol. The maximum atomic E-state index is 13.4. The Kier molecular flexibility index (Phi) is 6.19. The molecule has 1 atom stereocenters. The van der Waals surface area contributed by atoms with Crippen LogP contribution >= 0.6 is 0 Å². The fourth-order valence-electron chi connectivity index (χ4n) is 4.10. The number of carbonyl (C=O) groups is 1. The van der Waals surface area contributed by atoms with Crippen LogP contribution in [0.15, 0.2) is 77.7 Å². The molecule has 4 rings (SSSR count). The Hall–Kier alpha value is -3.32. The van der Waals surface area contributed by atoms with E-state index in [4.69, 9.17) is 4.74 Å². The molecule has 0 saturated heterocycles. The van der Waals surface area contributed by atoms with E-state index in [1.807, 2.05) is 60.4 Å². The van der Waals surface area contributed by atoms with Gasteiger partial charge >= 0.3 is 0 Å². The van der Waals surface area contributed by atoms with E-state index in [9.17, 15) is 13.2 Å². The SMILES string of the molecule is COc1cccc2c1CCN(c1ccccc1)C2C(=O)NCS(=O)(=O)c1ccc(C)cc1. The molecule has 1 amide bonds. The van der Waals surface area contributed by atoms with E-state index < -0.39 is 21.8 Å². The van der Waals surface area contributed by atoms with Crippen LogP contribution in [0.1, 0.15) is 22.7 Å². The number of nitrogens with zero attached hydrogens (tertiary/aromatic N) is 1. The molecule has 0 spiro atoms. The van der Waals surface area contributed by atoms with Crippen molar-refractivity contribution in [2.45, 2.75) is 24.3 Å². The molecule has 3 aromatic rings. The van der Waals surface area contributed by atoms with E-state index in [1.54, 1.807) is 31.4 Å². The number of para-hydroxylation sites is 1. The Morgan fingerprint density at radius 1 is 1.03 bits per heavy atom. The average molecular weight is 451 g/mol. The van der Waals surface area contributed by atoms with Crippen LogP contribution in [-0.2, 0) is 21.1 Å². The molecule has 166 valence electrons. The first-order valence-electron chi connectivity index (χ1n) is 10.5. The molecule has 6 nitrogen and oxygen atoms in total. The second-order valence-corrected chi connectivity index (χ2v) is 9.81. The molecule has 0 aromatic heterocycles. The number of aryl methyl sites for hydroxylation is 1. The summed E-state index contributed by atoms with van der Waals surface area (Å²) in [6.45, 7) is 2.51. The normalized spacial score (nSPS) is 15.7. The van der Waals surface area contributed by atoms with Crippen LogP contribution in [0.2, 0.25) is 0 Å². The van der Waals surface area contributed by atoms with Gasteiger partial charge in [-0.15, -0.1) is 0 Å². The van der Waals surface area contributed by atoms with E-state index in [-0.39, 0.29) is 10.8 Å². The maximum absolute atomic E-state index is 13.4. The first kappa shape index (κ1) is 21.9. The van der Waals surface area contributed by atoms with Gasteiger partial charge in [-0.05, 0) is 49.2 Å². The molecule has 0 saturated carbocycles. The van der Waals surface area contributed by atoms with Crippen molar-refractivity contribution >= 4 is 21.4 Å². The number of benzene rings is 3. The van der Waals surface area contributed by atoms with Crippen molar-refractivity contribution in [1.29, 1.82) is 0 Å². The predicted octanol–water partition coefficient (Wildman–Crippen LogP) is 3.66. The first-order valence-corrected chi connectivity index (χ1v) is 12.1. The van der Waals surface area contributed by atoms with Crippen molar-refractivity contribution < 1.29 is 17.9 Å². The minimum Gasteiger partial charge on any atom is -0.496 e. The Bertz CT molecular complexity index is 1210. The van der Waals surface area contributed by atoms with Gasteiger partial charge in [0.25, 0.3) is 0 Å². The van der Waals surface area contributed by atoms with Gasteiger partial charge in [-0.2, -0.15) is 0 Å². The summed E-state index contributed by atoms with van der Waals surface area (Å²) in [5.74, 6) is -0.0909. The van der Waals surface area contributed by atoms with Gasteiger partial charge in [-0.1, -0.05) is 48.0 Å². The average Bonchev–Trinajstić information content (AvgIpc) is 2.82. The second kappa shape index (κ2) is 9.04. The number of carbonyl (C=O) groups excluding carboxylic acids is 1. The summed E-state index contributed by atoms with van der Waals surface area (Å²) in [4.78, 5) is 15.6. The van der Waals surface area contributed by atoms with Gasteiger partial charge in [0.1, 0.15) is 17.7 Å². The molecule has 1 N–H and O–H groups in total. The number of ether oxygens (including phenoxy) is 1. The van der Waals surface area contributed by atoms with Crippen LogP contribution in [-0.4, -0.2) is 33.9 Å². The van der Waals surface area contributed by atoms with Crippen LogP contribution in [0.5, 0.6) is 5.75 Å². The smallest absolute Gasteiger partial charge is 0.248 e. The molecule has 3 aromatic carbocycles. The number of fused-ring (bicyclic) bond motifs is 1. The van der Waals surface area contributed by atoms with Gasteiger partial charge < -0.3 is 15.0 Å². The van der Waals surface area contributed by atoms with Gasteiger partial charge in [0.15, 0.2) is 9.84 Å². The van der Waals surface area contributed by atoms with Crippen molar-refractivity contribution in [3.8, 4) is 5.75 Å². The Morgan fingerprint density at radius 3 is 2.44 bits per heavy atom.